The number of thiocarbonyl (C=S) groups is 1. The number of halogens is 3. The standard InChI is InChI=1S/C46H49ClF2N6O9S2/c1-45(2,3)38(51-43(65)52-44(59)63-23-34-30-11-7-5-9-28(30)29-10-6-8-12-31(29)34)41(57)55-22-26(64-40-33-18-25(47)13-16-32(33)36(62-4)21-50-40)19-35(55)39(56)53-46(20-24(46)17-37(48)49)42(58)54-66(60,61)27-14-15-27/h5-13,16,18,21,24,26-27,34-35,37-38H,14-15,17,19-20,22-23H2,1-4H3,(H,53,56)(H,54,58)(H2,51,52,59,65)/t24-,26-,35?,38-,46-/m1/s1. The van der Waals surface area contributed by atoms with Gasteiger partial charge in [-0.2, -0.15) is 0 Å². The number of nitrogens with zero attached hydrogens (tertiary/aromatic N) is 2. The van der Waals surface area contributed by atoms with Crippen LogP contribution in [0.25, 0.3) is 21.9 Å². The molecule has 20 heteroatoms. The number of ether oxygens (including phenoxy) is 3. The van der Waals surface area contributed by atoms with Gasteiger partial charge in [0.25, 0.3) is 5.91 Å². The molecule has 0 radical (unpaired) electrons. The number of carbonyl (C=O) groups is 4. The summed E-state index contributed by atoms with van der Waals surface area (Å²) in [7, 11) is -2.64. The van der Waals surface area contributed by atoms with Crippen LogP contribution in [0.15, 0.2) is 72.9 Å². The molecular formula is C46H49ClF2N6O9S2. The molecule has 1 aliphatic heterocycles. The molecule has 1 unspecified atom stereocenters. The van der Waals surface area contributed by atoms with Crippen molar-refractivity contribution in [3.05, 3.63) is 89.1 Å². The average Bonchev–Trinajstić information content (AvgIpc) is 4.17. The van der Waals surface area contributed by atoms with Crippen molar-refractivity contribution in [1.29, 1.82) is 0 Å². The lowest BCUT2D eigenvalue weighted by atomic mass is 9.85. The third-order valence-corrected chi connectivity index (χ3v) is 14.9. The minimum absolute atomic E-state index is 0.00476. The van der Waals surface area contributed by atoms with E-state index in [0.29, 0.717) is 34.4 Å². The molecule has 1 saturated heterocycles. The Morgan fingerprint density at radius 3 is 2.29 bits per heavy atom. The van der Waals surface area contributed by atoms with Crippen LogP contribution in [-0.4, -0.2) is 103 Å². The number of sulfonamides is 1. The minimum atomic E-state index is -4.12. The van der Waals surface area contributed by atoms with Gasteiger partial charge in [-0.05, 0) is 83.3 Å². The SMILES string of the molecule is COc1cnc(O[C@@H]2CC(C(=O)N[C@]3(C(=O)NS(=O)(=O)C4CC4)C[C@H]3CC(F)F)N(C(=O)[C@@H](NC(=S)NC(=O)OCC3c4ccccc4-c4ccccc43)C(C)(C)C)C2)c2cc(Cl)ccc12. The van der Waals surface area contributed by atoms with E-state index in [1.54, 1.807) is 39.0 Å². The van der Waals surface area contributed by atoms with Crippen LogP contribution in [0.4, 0.5) is 13.6 Å². The molecule has 3 aliphatic carbocycles. The molecule has 15 nitrogen and oxygen atoms in total. The number of rotatable bonds is 14. The first-order valence-electron chi connectivity index (χ1n) is 21.5. The maximum Gasteiger partial charge on any atom is 0.413 e. The van der Waals surface area contributed by atoms with Crippen molar-refractivity contribution in [2.24, 2.45) is 11.3 Å². The van der Waals surface area contributed by atoms with E-state index in [4.69, 9.17) is 38.0 Å². The second-order valence-electron chi connectivity index (χ2n) is 18.2. The number of carbonyl (C=O) groups excluding carboxylic acids is 4. The smallest absolute Gasteiger partial charge is 0.413 e. The second-order valence-corrected chi connectivity index (χ2v) is 21.0. The van der Waals surface area contributed by atoms with Gasteiger partial charge < -0.3 is 29.7 Å². The molecule has 66 heavy (non-hydrogen) atoms. The van der Waals surface area contributed by atoms with E-state index in [9.17, 15) is 36.4 Å². The zero-order valence-electron chi connectivity index (χ0n) is 36.4. The number of nitrogens with one attached hydrogen (secondary N) is 4. The lowest BCUT2D eigenvalue weighted by Gasteiger charge is -2.36. The summed E-state index contributed by atoms with van der Waals surface area (Å²) in [5, 5.41) is 8.48. The number of amides is 4. The van der Waals surface area contributed by atoms with Crippen LogP contribution in [0.5, 0.6) is 11.6 Å². The zero-order chi connectivity index (χ0) is 47.3. The summed E-state index contributed by atoms with van der Waals surface area (Å²) in [6.07, 6.45) is -3.70. The molecule has 1 aromatic heterocycles. The van der Waals surface area contributed by atoms with Crippen molar-refractivity contribution in [2.45, 2.75) is 94.2 Å². The van der Waals surface area contributed by atoms with Crippen molar-refractivity contribution in [2.75, 3.05) is 20.3 Å². The average molecular weight is 968 g/mol. The number of alkyl carbamates (subject to hydrolysis) is 1. The van der Waals surface area contributed by atoms with E-state index in [0.717, 1.165) is 22.3 Å². The minimum Gasteiger partial charge on any atom is -0.494 e. The number of benzene rings is 3. The Kier molecular flexibility index (Phi) is 12.9. The van der Waals surface area contributed by atoms with Crippen molar-refractivity contribution >= 4 is 73.5 Å². The molecule has 4 aromatic rings. The predicted octanol–water partition coefficient (Wildman–Crippen LogP) is 6.21. The highest BCUT2D eigenvalue weighted by molar-refractivity contribution is 7.91. The van der Waals surface area contributed by atoms with Crippen LogP contribution in [0.2, 0.25) is 5.02 Å². The molecule has 350 valence electrons. The fraction of sp³-hybridized carbons (Fsp3) is 0.435. The van der Waals surface area contributed by atoms with Gasteiger partial charge in [-0.3, -0.25) is 24.4 Å². The summed E-state index contributed by atoms with van der Waals surface area (Å²) >= 11 is 11.9. The summed E-state index contributed by atoms with van der Waals surface area (Å²) in [5.74, 6) is -3.43. The molecule has 4 aliphatic rings. The number of alkyl halides is 2. The van der Waals surface area contributed by atoms with Crippen LogP contribution in [0, 0.1) is 11.3 Å². The highest BCUT2D eigenvalue weighted by Gasteiger charge is 2.63. The number of hydrogen-bond acceptors (Lipinski definition) is 11. The highest BCUT2D eigenvalue weighted by Crippen LogP contribution is 2.49. The molecule has 4 N–H and O–H groups in total. The summed E-state index contributed by atoms with van der Waals surface area (Å²) in [4.78, 5) is 62.0. The van der Waals surface area contributed by atoms with E-state index in [2.05, 4.69) is 20.9 Å². The van der Waals surface area contributed by atoms with E-state index in [-0.39, 0.29) is 42.9 Å². The Morgan fingerprint density at radius 1 is 1.00 bits per heavy atom. The zero-order valence-corrected chi connectivity index (χ0v) is 38.8. The highest BCUT2D eigenvalue weighted by atomic mass is 35.5. The fourth-order valence-electron chi connectivity index (χ4n) is 8.97. The number of aromatic nitrogens is 1. The van der Waals surface area contributed by atoms with Crippen LogP contribution in [0.1, 0.15) is 69.9 Å². The third kappa shape index (κ3) is 9.60. The molecule has 4 amide bonds. The van der Waals surface area contributed by atoms with Gasteiger partial charge in [0.05, 0.1) is 25.1 Å². The van der Waals surface area contributed by atoms with Gasteiger partial charge in [0.2, 0.25) is 34.1 Å². The van der Waals surface area contributed by atoms with Gasteiger partial charge in [0.15, 0.2) is 5.11 Å². The first-order valence-corrected chi connectivity index (χ1v) is 23.8. The van der Waals surface area contributed by atoms with Crippen molar-refractivity contribution in [3.63, 3.8) is 0 Å². The Labute approximate surface area is 390 Å². The van der Waals surface area contributed by atoms with Crippen molar-refractivity contribution in [3.8, 4) is 22.8 Å². The fourth-order valence-corrected chi connectivity index (χ4v) is 10.7. The van der Waals surface area contributed by atoms with Crippen LogP contribution in [-0.2, 0) is 29.1 Å². The number of fused-ring (bicyclic) bond motifs is 4. The first-order chi connectivity index (χ1) is 31.3. The van der Waals surface area contributed by atoms with Gasteiger partial charge in [0.1, 0.15) is 36.1 Å². The number of methoxy groups -OCH3 is 1. The Hall–Kier alpha value is -5.66. The molecule has 0 bridgehead atoms. The Morgan fingerprint density at radius 2 is 1.67 bits per heavy atom. The van der Waals surface area contributed by atoms with Gasteiger partial charge in [-0.15, -0.1) is 0 Å². The summed E-state index contributed by atoms with van der Waals surface area (Å²) in [6, 6.07) is 18.2. The van der Waals surface area contributed by atoms with Crippen LogP contribution >= 0.6 is 23.8 Å². The van der Waals surface area contributed by atoms with Gasteiger partial charge in [-0.25, -0.2) is 27.0 Å². The molecule has 3 fully saturated rings. The van der Waals surface area contributed by atoms with Crippen LogP contribution < -0.4 is 30.1 Å². The lowest BCUT2D eigenvalue weighted by Crippen LogP contribution is -2.61. The summed E-state index contributed by atoms with van der Waals surface area (Å²) in [6.45, 7) is 5.03. The topological polar surface area (TPSA) is 194 Å². The van der Waals surface area contributed by atoms with E-state index < -0.39 is 87.0 Å². The number of pyridine rings is 1. The van der Waals surface area contributed by atoms with E-state index in [1.807, 2.05) is 53.3 Å². The largest absolute Gasteiger partial charge is 0.494 e. The molecule has 5 atom stereocenters. The van der Waals surface area contributed by atoms with Gasteiger partial charge >= 0.3 is 6.09 Å². The molecule has 2 saturated carbocycles. The maximum atomic E-state index is 14.9. The van der Waals surface area contributed by atoms with Gasteiger partial charge in [-0.1, -0.05) is 80.9 Å². The van der Waals surface area contributed by atoms with E-state index >= 15 is 0 Å². The molecule has 3 aromatic carbocycles. The second kappa shape index (κ2) is 18.2. The van der Waals surface area contributed by atoms with Crippen molar-refractivity contribution in [1.82, 2.24) is 30.6 Å². The lowest BCUT2D eigenvalue weighted by molar-refractivity contribution is -0.142. The summed E-state index contributed by atoms with van der Waals surface area (Å²) < 4.78 is 72.8. The molecule has 8 rings (SSSR count). The molecule has 2 heterocycles. The first kappa shape index (κ1) is 46.9. The molecular weight excluding hydrogens is 918 g/mol. The van der Waals surface area contributed by atoms with Gasteiger partial charge in [0, 0.05) is 34.6 Å². The molecule has 0 spiro atoms. The Balaban J connectivity index is 1.03. The monoisotopic (exact) mass is 966 g/mol. The maximum absolute atomic E-state index is 14.9. The predicted molar refractivity (Wildman–Crippen MR) is 245 cm³/mol. The quantitative estimate of drug-likeness (QED) is 0.105. The Bertz CT molecular complexity index is 2670. The van der Waals surface area contributed by atoms with E-state index in [1.165, 1.54) is 18.2 Å². The summed E-state index contributed by atoms with van der Waals surface area (Å²) in [5.41, 5.74) is 1.22. The third-order valence-electron chi connectivity index (χ3n) is 12.6. The van der Waals surface area contributed by atoms with Crippen molar-refractivity contribution < 1.29 is 50.6 Å². The van der Waals surface area contributed by atoms with Crippen LogP contribution in [0.3, 0.4) is 0 Å². The number of likely N-dealkylation sites (tertiary alicyclic amines) is 1. The number of hydrogen-bond donors (Lipinski definition) is 4. The normalized spacial score (nSPS) is 21.6.